The van der Waals surface area contributed by atoms with Crippen molar-refractivity contribution >= 4 is 69.0 Å². The van der Waals surface area contributed by atoms with Gasteiger partial charge in [0.1, 0.15) is 0 Å². The van der Waals surface area contributed by atoms with Gasteiger partial charge in [-0.2, -0.15) is 12.6 Å². The molecule has 0 aliphatic heterocycles. The van der Waals surface area contributed by atoms with Gasteiger partial charge in [0.15, 0.2) is 0 Å². The van der Waals surface area contributed by atoms with E-state index in [9.17, 15) is 5.11 Å². The molecule has 0 heterocycles. The molecule has 0 rings (SSSR count). The zero-order valence-corrected chi connectivity index (χ0v) is 30.2. The lowest BCUT2D eigenvalue weighted by atomic mass is 10.1. The van der Waals surface area contributed by atoms with E-state index in [0.29, 0.717) is 11.5 Å². The number of unbranched alkanes of at least 4 members (excludes halogenated alkanes) is 16. The van der Waals surface area contributed by atoms with Crippen molar-refractivity contribution in [2.75, 3.05) is 31.0 Å². The molecule has 0 fully saturated rings. The van der Waals surface area contributed by atoms with Crippen LogP contribution in [-0.4, -0.2) is 72.0 Å². The second kappa shape index (κ2) is 40.1. The fourth-order valence-corrected chi connectivity index (χ4v) is 5.36. The van der Waals surface area contributed by atoms with Crippen molar-refractivity contribution in [3.8, 4) is 0 Å². The van der Waals surface area contributed by atoms with Gasteiger partial charge in [0.2, 0.25) is 0 Å². The van der Waals surface area contributed by atoms with Crippen molar-refractivity contribution in [1.29, 1.82) is 0 Å². The first-order valence-electron chi connectivity index (χ1n) is 15.7. The number of aliphatic hydroxyl groups is 4. The summed E-state index contributed by atoms with van der Waals surface area (Å²) in [6, 6.07) is 0. The highest BCUT2D eigenvalue weighted by Gasteiger charge is 2.05. The Bertz CT molecular complexity index is 508. The van der Waals surface area contributed by atoms with E-state index >= 15 is 0 Å². The second-order valence-electron chi connectivity index (χ2n) is 10.3. The topological polar surface area (TPSA) is 80.9 Å². The van der Waals surface area contributed by atoms with Gasteiger partial charge in [-0.25, -0.2) is 0 Å². The molecular formula is C31H64O4S5. The van der Waals surface area contributed by atoms with Crippen molar-refractivity contribution < 1.29 is 20.4 Å². The number of thioether (sulfide) groups is 2. The minimum absolute atomic E-state index is 0.173. The summed E-state index contributed by atoms with van der Waals surface area (Å²) in [5.74, 6) is 0.850. The molecule has 0 aromatic carbocycles. The monoisotopic (exact) mass is 660 g/mol. The first-order valence-corrected chi connectivity index (χ1v) is 19.4. The molecule has 0 aromatic heterocycles. The normalized spacial score (nSPS) is 12.1. The van der Waals surface area contributed by atoms with E-state index in [1.165, 1.54) is 125 Å². The van der Waals surface area contributed by atoms with Gasteiger partial charge in [0, 0.05) is 19.9 Å². The highest BCUT2D eigenvalue weighted by Crippen LogP contribution is 2.16. The van der Waals surface area contributed by atoms with Crippen LogP contribution < -0.4 is 0 Å². The highest BCUT2D eigenvalue weighted by atomic mass is 32.2. The van der Waals surface area contributed by atoms with Gasteiger partial charge in [0.05, 0.1) is 25.4 Å². The maximum absolute atomic E-state index is 9.21. The van der Waals surface area contributed by atoms with Crippen LogP contribution in [0.5, 0.6) is 0 Å². The maximum Gasteiger partial charge on any atom is 0.0864 e. The molecule has 0 aromatic rings. The molecule has 40 heavy (non-hydrogen) atoms. The average molecular weight is 661 g/mol. The van der Waals surface area contributed by atoms with Gasteiger partial charge in [-0.05, 0) is 31.9 Å². The van der Waals surface area contributed by atoms with Crippen molar-refractivity contribution in [3.05, 3.63) is 0 Å². The number of thiol groups is 1. The lowest BCUT2D eigenvalue weighted by Crippen LogP contribution is -2.15. The van der Waals surface area contributed by atoms with E-state index in [1.807, 2.05) is 0 Å². The third-order valence-electron chi connectivity index (χ3n) is 6.27. The summed E-state index contributed by atoms with van der Waals surface area (Å²) >= 11 is 17.3. The molecule has 0 saturated carbocycles. The van der Waals surface area contributed by atoms with Gasteiger partial charge in [-0.3, -0.25) is 0 Å². The number of hydrogen-bond donors (Lipinski definition) is 5. The van der Waals surface area contributed by atoms with Crippen molar-refractivity contribution in [1.82, 2.24) is 0 Å². The van der Waals surface area contributed by atoms with Crippen LogP contribution in [-0.2, 0) is 0 Å². The maximum atomic E-state index is 9.21. The van der Waals surface area contributed by atoms with E-state index in [0.717, 1.165) is 23.5 Å². The quantitative estimate of drug-likeness (QED) is 0.0377. The molecule has 2 atom stereocenters. The molecule has 0 bridgehead atoms. The molecule has 2 unspecified atom stereocenters. The summed E-state index contributed by atoms with van der Waals surface area (Å²) in [4.78, 5) is 0. The average Bonchev–Trinajstić information content (AvgIpc) is 2.98. The van der Waals surface area contributed by atoms with Gasteiger partial charge in [0.25, 0.3) is 0 Å². The Balaban J connectivity index is -0.000000579. The van der Waals surface area contributed by atoms with E-state index in [1.54, 1.807) is 11.8 Å². The molecule has 0 radical (unpaired) electrons. The van der Waals surface area contributed by atoms with Crippen molar-refractivity contribution in [2.24, 2.45) is 0 Å². The fraction of sp³-hybridized carbons (Fsp3) is 0.935. The second-order valence-corrected chi connectivity index (χ2v) is 14.2. The molecule has 4 N–H and O–H groups in total. The summed E-state index contributed by atoms with van der Waals surface area (Å²) in [6.07, 6.45) is 27.5. The van der Waals surface area contributed by atoms with Crippen LogP contribution in [0.15, 0.2) is 0 Å². The van der Waals surface area contributed by atoms with E-state index in [-0.39, 0.29) is 13.2 Å². The lowest BCUT2D eigenvalue weighted by molar-refractivity contribution is 0.114. The predicted octanol–water partition coefficient (Wildman–Crippen LogP) is 9.19. The Morgan fingerprint density at radius 2 is 0.950 bits per heavy atom. The van der Waals surface area contributed by atoms with Crippen molar-refractivity contribution in [2.45, 2.75) is 154 Å². The SMILES string of the molecule is CCCCCCCCCCCC(=S)SC.CCCCCCCCCCCC(=S)SCC(O)CO.OCC(O)CS. The molecule has 0 saturated heterocycles. The Kier molecular flexibility index (Phi) is 45.6. The van der Waals surface area contributed by atoms with Gasteiger partial charge >= 0.3 is 0 Å². The van der Waals surface area contributed by atoms with E-state index < -0.39 is 12.2 Å². The lowest BCUT2D eigenvalue weighted by Gasteiger charge is -2.07. The van der Waals surface area contributed by atoms with Crippen LogP contribution in [0.1, 0.15) is 142 Å². The Morgan fingerprint density at radius 1 is 0.600 bits per heavy atom. The number of hydrogen-bond acceptors (Lipinski definition) is 9. The van der Waals surface area contributed by atoms with Gasteiger partial charge in [-0.15, -0.1) is 23.5 Å². The fourth-order valence-electron chi connectivity index (χ4n) is 3.63. The van der Waals surface area contributed by atoms with E-state index in [4.69, 9.17) is 39.8 Å². The highest BCUT2D eigenvalue weighted by molar-refractivity contribution is 8.23. The van der Waals surface area contributed by atoms with Gasteiger partial charge < -0.3 is 20.4 Å². The Morgan fingerprint density at radius 3 is 1.25 bits per heavy atom. The summed E-state index contributed by atoms with van der Waals surface area (Å²) < 4.78 is 2.15. The summed E-state index contributed by atoms with van der Waals surface area (Å²) in [6.45, 7) is 4.16. The molecular weight excluding hydrogens is 597 g/mol. The van der Waals surface area contributed by atoms with Crippen molar-refractivity contribution in [3.63, 3.8) is 0 Å². The molecule has 0 aliphatic carbocycles. The largest absolute Gasteiger partial charge is 0.394 e. The minimum atomic E-state index is -0.645. The third-order valence-corrected chi connectivity index (χ3v) is 9.69. The number of aliphatic hydroxyl groups excluding tert-OH is 4. The standard InChI is InChI=1S/C15H30O2S2.C13H26S2.C3H8O2S/c1-2-3-4-5-6-7-8-9-10-11-15(18)19-13-14(17)12-16;1-3-4-5-6-7-8-9-10-11-12-13(14)15-2;4-1-3(5)2-6/h14,16-17H,2-13H2,1H3;3-12H2,1-2H3;3-6H,1-2H2. The van der Waals surface area contributed by atoms with Crippen LogP contribution in [0.2, 0.25) is 0 Å². The molecule has 0 amide bonds. The van der Waals surface area contributed by atoms with E-state index in [2.05, 4.69) is 32.7 Å². The van der Waals surface area contributed by atoms with Crippen LogP contribution in [0.25, 0.3) is 0 Å². The van der Waals surface area contributed by atoms with Crippen LogP contribution in [0.4, 0.5) is 0 Å². The first-order chi connectivity index (χ1) is 19.3. The Labute approximate surface area is 273 Å². The number of rotatable bonds is 25. The molecule has 0 spiro atoms. The zero-order chi connectivity index (χ0) is 30.7. The minimum Gasteiger partial charge on any atom is -0.394 e. The summed E-state index contributed by atoms with van der Waals surface area (Å²) in [5, 5.41) is 34.3. The molecule has 0 aliphatic rings. The van der Waals surface area contributed by atoms with Gasteiger partial charge in [-0.1, -0.05) is 141 Å². The predicted molar refractivity (Wildman–Crippen MR) is 195 cm³/mol. The Hall–Kier alpha value is 1.07. The number of thiocarbonyl (C=S) groups is 2. The first kappa shape index (κ1) is 45.5. The smallest absolute Gasteiger partial charge is 0.0864 e. The van der Waals surface area contributed by atoms with Crippen LogP contribution in [0.3, 0.4) is 0 Å². The van der Waals surface area contributed by atoms with Crippen LogP contribution >= 0.6 is 60.6 Å². The summed E-state index contributed by atoms with van der Waals surface area (Å²) in [5.41, 5.74) is 0. The molecule has 242 valence electrons. The third kappa shape index (κ3) is 43.5. The van der Waals surface area contributed by atoms with Crippen LogP contribution in [0, 0.1) is 0 Å². The molecule has 9 heteroatoms. The zero-order valence-electron chi connectivity index (χ0n) is 26.0. The molecule has 4 nitrogen and oxygen atoms in total. The summed E-state index contributed by atoms with van der Waals surface area (Å²) in [7, 11) is 0.